The van der Waals surface area contributed by atoms with Gasteiger partial charge >= 0.3 is 5.97 Å². The van der Waals surface area contributed by atoms with Gasteiger partial charge in [-0.15, -0.1) is 0 Å². The van der Waals surface area contributed by atoms with E-state index >= 15 is 0 Å². The Balaban J connectivity index is 3.67. The lowest BCUT2D eigenvalue weighted by atomic mass is 10.5. The van der Waals surface area contributed by atoms with Crippen molar-refractivity contribution >= 4 is 34.3 Å². The van der Waals surface area contributed by atoms with E-state index in [9.17, 15) is 4.79 Å². The summed E-state index contributed by atoms with van der Waals surface area (Å²) < 4.78 is 5.69. The topological polar surface area (TPSA) is 29.5 Å². The van der Waals surface area contributed by atoms with Gasteiger partial charge in [-0.05, 0) is 20.8 Å². The second-order valence-electron chi connectivity index (χ2n) is 2.84. The zero-order valence-electron chi connectivity index (χ0n) is 9.62. The second kappa shape index (κ2) is 8.97. The highest BCUT2D eigenvalue weighted by atomic mass is 32.2. The molecule has 0 fully saturated rings. The summed E-state index contributed by atoms with van der Waals surface area (Å²) in [7, 11) is 0. The van der Waals surface area contributed by atoms with Gasteiger partial charge in [0.05, 0.1) is 13.0 Å². The van der Waals surface area contributed by atoms with E-state index < -0.39 is 0 Å². The molecule has 0 aromatic carbocycles. The van der Waals surface area contributed by atoms with Gasteiger partial charge in [0.25, 0.3) is 0 Å². The number of carbonyl (C=O) groups excluding carboxylic acids is 1. The molecule has 0 N–H and O–H groups in total. The standard InChI is InChI=1S/C10H19NO2S2/c1-4-11(5-2)10(14)15-8-7-9(12)13-6-3/h4-8H2,1-3H3. The molecule has 0 bridgehead atoms. The van der Waals surface area contributed by atoms with Crippen LogP contribution in [0.3, 0.4) is 0 Å². The number of nitrogens with zero attached hydrogens (tertiary/aromatic N) is 1. The maximum absolute atomic E-state index is 11.0. The third-order valence-corrected chi connectivity index (χ3v) is 3.38. The lowest BCUT2D eigenvalue weighted by Crippen LogP contribution is -2.27. The first-order valence-corrected chi connectivity index (χ1v) is 6.62. The summed E-state index contributed by atoms with van der Waals surface area (Å²) in [5.74, 6) is 0.557. The highest BCUT2D eigenvalue weighted by Crippen LogP contribution is 2.10. The highest BCUT2D eigenvalue weighted by molar-refractivity contribution is 8.22. The zero-order chi connectivity index (χ0) is 11.7. The molecule has 0 aliphatic rings. The van der Waals surface area contributed by atoms with E-state index in [-0.39, 0.29) is 5.97 Å². The van der Waals surface area contributed by atoms with Crippen molar-refractivity contribution in [1.82, 2.24) is 4.90 Å². The van der Waals surface area contributed by atoms with Gasteiger partial charge in [-0.2, -0.15) is 0 Å². The summed E-state index contributed by atoms with van der Waals surface area (Å²) in [6.07, 6.45) is 0.430. The number of ether oxygens (including phenoxy) is 1. The van der Waals surface area contributed by atoms with E-state index in [0.717, 1.165) is 17.4 Å². The van der Waals surface area contributed by atoms with Crippen molar-refractivity contribution in [1.29, 1.82) is 0 Å². The molecule has 0 heterocycles. The Hall–Kier alpha value is -0.290. The van der Waals surface area contributed by atoms with Crippen molar-refractivity contribution in [3.05, 3.63) is 0 Å². The van der Waals surface area contributed by atoms with Crippen LogP contribution in [-0.4, -0.2) is 40.6 Å². The molecular formula is C10H19NO2S2. The molecule has 0 atom stereocenters. The number of carbonyl (C=O) groups is 1. The van der Waals surface area contributed by atoms with Crippen LogP contribution in [-0.2, 0) is 9.53 Å². The Morgan fingerprint density at radius 1 is 1.33 bits per heavy atom. The van der Waals surface area contributed by atoms with Crippen LogP contribution in [0, 0.1) is 0 Å². The highest BCUT2D eigenvalue weighted by Gasteiger charge is 2.07. The monoisotopic (exact) mass is 249 g/mol. The molecule has 88 valence electrons. The van der Waals surface area contributed by atoms with Gasteiger partial charge in [0.15, 0.2) is 0 Å². The molecule has 0 aliphatic heterocycles. The summed E-state index contributed by atoms with van der Waals surface area (Å²) in [5, 5.41) is 0. The van der Waals surface area contributed by atoms with Crippen molar-refractivity contribution in [3.63, 3.8) is 0 Å². The Morgan fingerprint density at radius 3 is 2.40 bits per heavy atom. The van der Waals surface area contributed by atoms with Crippen LogP contribution in [0.5, 0.6) is 0 Å². The SMILES string of the molecule is CCOC(=O)CCSC(=S)N(CC)CC. The Morgan fingerprint density at radius 2 is 1.93 bits per heavy atom. The average Bonchev–Trinajstić information content (AvgIpc) is 2.20. The lowest BCUT2D eigenvalue weighted by molar-refractivity contribution is -0.142. The predicted octanol–water partition coefficient (Wildman–Crippen LogP) is 2.30. The molecule has 0 unspecified atom stereocenters. The maximum atomic E-state index is 11.0. The van der Waals surface area contributed by atoms with Crippen molar-refractivity contribution in [2.75, 3.05) is 25.4 Å². The largest absolute Gasteiger partial charge is 0.466 e. The second-order valence-corrected chi connectivity index (χ2v) is 4.57. The van der Waals surface area contributed by atoms with Crippen LogP contribution < -0.4 is 0 Å². The maximum Gasteiger partial charge on any atom is 0.306 e. The molecule has 3 nitrogen and oxygen atoms in total. The molecule has 0 aromatic heterocycles. The smallest absolute Gasteiger partial charge is 0.306 e. The first-order chi connectivity index (χ1) is 7.15. The Labute approximate surface area is 102 Å². The Bertz CT molecular complexity index is 206. The van der Waals surface area contributed by atoms with Crippen LogP contribution >= 0.6 is 24.0 Å². The average molecular weight is 249 g/mol. The van der Waals surface area contributed by atoms with Crippen LogP contribution in [0.15, 0.2) is 0 Å². The minimum atomic E-state index is -0.146. The van der Waals surface area contributed by atoms with Crippen LogP contribution in [0.25, 0.3) is 0 Å². The van der Waals surface area contributed by atoms with Gasteiger partial charge < -0.3 is 9.64 Å². The molecule has 0 radical (unpaired) electrons. The first kappa shape index (κ1) is 14.7. The predicted molar refractivity (Wildman–Crippen MR) is 69.2 cm³/mol. The number of thioether (sulfide) groups is 1. The molecule has 0 amide bonds. The fourth-order valence-corrected chi connectivity index (χ4v) is 2.42. The van der Waals surface area contributed by atoms with Gasteiger partial charge in [0.2, 0.25) is 0 Å². The molecule has 0 saturated carbocycles. The van der Waals surface area contributed by atoms with E-state index in [1.165, 1.54) is 0 Å². The van der Waals surface area contributed by atoms with E-state index in [1.54, 1.807) is 11.8 Å². The lowest BCUT2D eigenvalue weighted by Gasteiger charge is -2.20. The quantitative estimate of drug-likeness (QED) is 0.532. The number of hydrogen-bond acceptors (Lipinski definition) is 4. The van der Waals surface area contributed by atoms with Crippen molar-refractivity contribution in [2.45, 2.75) is 27.2 Å². The van der Waals surface area contributed by atoms with E-state index in [1.807, 2.05) is 6.92 Å². The molecular weight excluding hydrogens is 230 g/mol. The summed E-state index contributed by atoms with van der Waals surface area (Å²) >= 11 is 6.77. The summed E-state index contributed by atoms with van der Waals surface area (Å²) in [6.45, 7) is 8.24. The van der Waals surface area contributed by atoms with Gasteiger partial charge in [-0.25, -0.2) is 0 Å². The van der Waals surface area contributed by atoms with E-state index in [4.69, 9.17) is 17.0 Å². The van der Waals surface area contributed by atoms with Gasteiger partial charge in [-0.3, -0.25) is 4.79 Å². The van der Waals surface area contributed by atoms with Crippen LogP contribution in [0.1, 0.15) is 27.2 Å². The minimum Gasteiger partial charge on any atom is -0.466 e. The number of thiocarbonyl (C=S) groups is 1. The molecule has 0 aliphatic carbocycles. The molecule has 0 saturated heterocycles. The third-order valence-electron chi connectivity index (χ3n) is 1.86. The molecule has 5 heteroatoms. The van der Waals surface area contributed by atoms with E-state index in [2.05, 4.69) is 18.7 Å². The molecule has 0 spiro atoms. The number of rotatable bonds is 6. The van der Waals surface area contributed by atoms with Crippen LogP contribution in [0.4, 0.5) is 0 Å². The Kier molecular flexibility index (Phi) is 8.80. The first-order valence-electron chi connectivity index (χ1n) is 5.22. The number of hydrogen-bond donors (Lipinski definition) is 0. The molecule has 0 rings (SSSR count). The van der Waals surface area contributed by atoms with Gasteiger partial charge in [-0.1, -0.05) is 24.0 Å². The molecule has 15 heavy (non-hydrogen) atoms. The summed E-state index contributed by atoms with van der Waals surface area (Å²) in [6, 6.07) is 0. The number of esters is 1. The van der Waals surface area contributed by atoms with Crippen LogP contribution in [0.2, 0.25) is 0 Å². The van der Waals surface area contributed by atoms with Crippen molar-refractivity contribution in [3.8, 4) is 0 Å². The normalized spacial score (nSPS) is 9.80. The van der Waals surface area contributed by atoms with Crippen molar-refractivity contribution in [2.24, 2.45) is 0 Å². The fourth-order valence-electron chi connectivity index (χ4n) is 1.03. The molecule has 0 aromatic rings. The minimum absolute atomic E-state index is 0.146. The van der Waals surface area contributed by atoms with Crippen molar-refractivity contribution < 1.29 is 9.53 Å². The van der Waals surface area contributed by atoms with Gasteiger partial charge in [0.1, 0.15) is 4.32 Å². The zero-order valence-corrected chi connectivity index (χ0v) is 11.2. The fraction of sp³-hybridized carbons (Fsp3) is 0.800. The summed E-state index contributed by atoms with van der Waals surface area (Å²) in [4.78, 5) is 13.1. The van der Waals surface area contributed by atoms with Gasteiger partial charge in [0, 0.05) is 18.8 Å². The summed E-state index contributed by atoms with van der Waals surface area (Å²) in [5.41, 5.74) is 0. The third kappa shape index (κ3) is 6.73. The van der Waals surface area contributed by atoms with E-state index in [0.29, 0.717) is 18.8 Å².